The van der Waals surface area contributed by atoms with E-state index in [4.69, 9.17) is 9.26 Å². The third-order valence-electron chi connectivity index (χ3n) is 5.40. The van der Waals surface area contributed by atoms with E-state index >= 15 is 0 Å². The molecule has 3 aromatic rings. The average Bonchev–Trinajstić information content (AvgIpc) is 3.41. The van der Waals surface area contributed by atoms with Crippen LogP contribution in [0, 0.1) is 6.92 Å². The molecule has 8 nitrogen and oxygen atoms in total. The summed E-state index contributed by atoms with van der Waals surface area (Å²) in [7, 11) is 0. The second kappa shape index (κ2) is 9.21. The minimum Gasteiger partial charge on any atom is -0.378 e. The first kappa shape index (κ1) is 20.3. The number of carbonyl (C=O) groups excluding carboxylic acids is 1. The molecule has 1 fully saturated rings. The summed E-state index contributed by atoms with van der Waals surface area (Å²) in [6, 6.07) is 9.72. The van der Waals surface area contributed by atoms with E-state index in [0.717, 1.165) is 30.6 Å². The summed E-state index contributed by atoms with van der Waals surface area (Å²) < 4.78 is 13.1. The lowest BCUT2D eigenvalue weighted by atomic mass is 10.1. The van der Waals surface area contributed by atoms with Crippen LogP contribution in [0.5, 0.6) is 0 Å². The molecule has 8 heteroatoms. The Bertz CT molecular complexity index is 974. The van der Waals surface area contributed by atoms with Crippen molar-refractivity contribution in [3.8, 4) is 11.5 Å². The fourth-order valence-corrected chi connectivity index (χ4v) is 3.66. The third kappa shape index (κ3) is 4.59. The van der Waals surface area contributed by atoms with E-state index in [1.54, 1.807) is 4.68 Å². The van der Waals surface area contributed by atoms with E-state index in [0.29, 0.717) is 43.4 Å². The molecule has 2 aromatic heterocycles. The molecule has 1 aliphatic heterocycles. The summed E-state index contributed by atoms with van der Waals surface area (Å²) in [5, 5.41) is 8.41. The Morgan fingerprint density at radius 1 is 1.23 bits per heavy atom. The fourth-order valence-electron chi connectivity index (χ4n) is 3.66. The summed E-state index contributed by atoms with van der Waals surface area (Å²) >= 11 is 0. The van der Waals surface area contributed by atoms with Gasteiger partial charge in [0.25, 0.3) is 11.8 Å². The van der Waals surface area contributed by atoms with Crippen LogP contribution < -0.4 is 0 Å². The van der Waals surface area contributed by atoms with Crippen LogP contribution in [-0.4, -0.2) is 56.5 Å². The van der Waals surface area contributed by atoms with Crippen LogP contribution in [-0.2, 0) is 17.7 Å². The smallest absolute Gasteiger partial charge is 0.257 e. The van der Waals surface area contributed by atoms with Crippen molar-refractivity contribution >= 4 is 5.91 Å². The molecule has 1 aliphatic rings. The second-order valence-corrected chi connectivity index (χ2v) is 7.48. The number of nitrogens with zero attached hydrogens (tertiary/aromatic N) is 5. The minimum atomic E-state index is 0.0610. The number of amides is 1. The van der Waals surface area contributed by atoms with Crippen LogP contribution in [0.25, 0.3) is 11.5 Å². The monoisotopic (exact) mass is 409 g/mol. The molecule has 0 N–H and O–H groups in total. The van der Waals surface area contributed by atoms with E-state index < -0.39 is 0 Å². The van der Waals surface area contributed by atoms with Crippen molar-refractivity contribution in [1.82, 2.24) is 24.8 Å². The Hall–Kier alpha value is -3.00. The number of ether oxygens (including phenoxy) is 1. The van der Waals surface area contributed by atoms with Crippen molar-refractivity contribution in [1.29, 1.82) is 0 Å². The zero-order valence-electron chi connectivity index (χ0n) is 17.5. The SMILES string of the molecule is CCn1cc(C(=O)N2CCC(OCCc3noc(-c4ccccc4)n3)CC2)c(C)n1. The lowest BCUT2D eigenvalue weighted by Crippen LogP contribution is -2.41. The number of carbonyl (C=O) groups is 1. The molecule has 0 aliphatic carbocycles. The fraction of sp³-hybridized carbons (Fsp3) is 0.455. The van der Waals surface area contributed by atoms with Crippen LogP contribution in [0.15, 0.2) is 41.1 Å². The Labute approximate surface area is 175 Å². The van der Waals surface area contributed by atoms with Gasteiger partial charge in [-0.3, -0.25) is 9.48 Å². The second-order valence-electron chi connectivity index (χ2n) is 7.48. The molecule has 158 valence electrons. The third-order valence-corrected chi connectivity index (χ3v) is 5.40. The summed E-state index contributed by atoms with van der Waals surface area (Å²) in [4.78, 5) is 19.1. The maximum Gasteiger partial charge on any atom is 0.257 e. The highest BCUT2D eigenvalue weighted by Crippen LogP contribution is 2.19. The Balaban J connectivity index is 1.22. The molecule has 0 bridgehead atoms. The Morgan fingerprint density at radius 3 is 2.70 bits per heavy atom. The lowest BCUT2D eigenvalue weighted by molar-refractivity contribution is 0.00945. The standard InChI is InChI=1S/C22H27N5O3/c1-3-27-15-19(16(2)24-27)22(28)26-12-9-18(10-13-26)29-14-11-20-23-21(30-25-20)17-7-5-4-6-8-17/h4-8,15,18H,3,9-14H2,1-2H3. The van der Waals surface area contributed by atoms with Gasteiger partial charge in [-0.1, -0.05) is 23.4 Å². The predicted molar refractivity (Wildman–Crippen MR) is 111 cm³/mol. The maximum atomic E-state index is 12.8. The molecule has 0 saturated carbocycles. The molecule has 0 unspecified atom stereocenters. The van der Waals surface area contributed by atoms with Crippen molar-refractivity contribution in [2.45, 2.75) is 45.8 Å². The van der Waals surface area contributed by atoms with Gasteiger partial charge in [0.2, 0.25) is 0 Å². The number of hydrogen-bond donors (Lipinski definition) is 0. The van der Waals surface area contributed by atoms with Crippen molar-refractivity contribution in [3.05, 3.63) is 53.6 Å². The molecule has 0 spiro atoms. The highest BCUT2D eigenvalue weighted by atomic mass is 16.5. The number of rotatable bonds is 7. The lowest BCUT2D eigenvalue weighted by Gasteiger charge is -2.31. The number of hydrogen-bond acceptors (Lipinski definition) is 6. The van der Waals surface area contributed by atoms with Gasteiger partial charge in [0.15, 0.2) is 5.82 Å². The molecule has 1 aromatic carbocycles. The zero-order chi connectivity index (χ0) is 20.9. The first-order valence-corrected chi connectivity index (χ1v) is 10.5. The molecule has 1 amide bonds. The number of likely N-dealkylation sites (tertiary alicyclic amines) is 1. The minimum absolute atomic E-state index is 0.0610. The van der Waals surface area contributed by atoms with E-state index in [2.05, 4.69) is 15.2 Å². The molecule has 0 radical (unpaired) electrons. The summed E-state index contributed by atoms with van der Waals surface area (Å²) in [5.74, 6) is 1.23. The zero-order valence-corrected chi connectivity index (χ0v) is 17.5. The summed E-state index contributed by atoms with van der Waals surface area (Å²) in [6.07, 6.45) is 4.25. The molecule has 4 rings (SSSR count). The van der Waals surface area contributed by atoms with Crippen LogP contribution >= 0.6 is 0 Å². The van der Waals surface area contributed by atoms with E-state index in [1.165, 1.54) is 0 Å². The van der Waals surface area contributed by atoms with E-state index in [-0.39, 0.29) is 12.0 Å². The number of piperidine rings is 1. The van der Waals surface area contributed by atoms with Crippen molar-refractivity contribution in [2.75, 3.05) is 19.7 Å². The van der Waals surface area contributed by atoms with Gasteiger partial charge < -0.3 is 14.2 Å². The first-order chi connectivity index (χ1) is 14.6. The normalized spacial score (nSPS) is 14.9. The largest absolute Gasteiger partial charge is 0.378 e. The molecule has 30 heavy (non-hydrogen) atoms. The topological polar surface area (TPSA) is 86.3 Å². The van der Waals surface area contributed by atoms with E-state index in [9.17, 15) is 4.79 Å². The molecular formula is C22H27N5O3. The van der Waals surface area contributed by atoms with Crippen molar-refractivity contribution < 1.29 is 14.1 Å². The van der Waals surface area contributed by atoms with Gasteiger partial charge in [0.1, 0.15) is 0 Å². The summed E-state index contributed by atoms with van der Waals surface area (Å²) in [6.45, 7) is 6.59. The molecule has 0 atom stereocenters. The summed E-state index contributed by atoms with van der Waals surface area (Å²) in [5.41, 5.74) is 2.40. The van der Waals surface area contributed by atoms with Crippen LogP contribution in [0.4, 0.5) is 0 Å². The number of aryl methyl sites for hydroxylation is 2. The Morgan fingerprint density at radius 2 is 2.00 bits per heavy atom. The average molecular weight is 409 g/mol. The highest BCUT2D eigenvalue weighted by Gasteiger charge is 2.26. The maximum absolute atomic E-state index is 12.8. The molecule has 1 saturated heterocycles. The van der Waals surface area contributed by atoms with Crippen molar-refractivity contribution in [2.24, 2.45) is 0 Å². The number of benzene rings is 1. The van der Waals surface area contributed by atoms with Gasteiger partial charge >= 0.3 is 0 Å². The quantitative estimate of drug-likeness (QED) is 0.596. The van der Waals surface area contributed by atoms with Gasteiger partial charge in [-0.15, -0.1) is 0 Å². The van der Waals surface area contributed by atoms with Gasteiger partial charge in [-0.05, 0) is 38.8 Å². The van der Waals surface area contributed by atoms with Crippen LogP contribution in [0.2, 0.25) is 0 Å². The van der Waals surface area contributed by atoms with Crippen LogP contribution in [0.1, 0.15) is 41.6 Å². The van der Waals surface area contributed by atoms with E-state index in [1.807, 2.05) is 55.3 Å². The van der Waals surface area contributed by atoms with Gasteiger partial charge in [0, 0.05) is 37.8 Å². The molecular weight excluding hydrogens is 382 g/mol. The van der Waals surface area contributed by atoms with Crippen LogP contribution in [0.3, 0.4) is 0 Å². The van der Waals surface area contributed by atoms with Gasteiger partial charge in [-0.2, -0.15) is 10.1 Å². The van der Waals surface area contributed by atoms with Gasteiger partial charge in [-0.25, -0.2) is 0 Å². The van der Waals surface area contributed by atoms with Gasteiger partial charge in [0.05, 0.1) is 24.0 Å². The highest BCUT2D eigenvalue weighted by molar-refractivity contribution is 5.95. The number of aromatic nitrogens is 4. The predicted octanol–water partition coefficient (Wildman–Crippen LogP) is 3.13. The molecule has 3 heterocycles. The Kier molecular flexibility index (Phi) is 6.23. The first-order valence-electron chi connectivity index (χ1n) is 10.5. The van der Waals surface area contributed by atoms with Crippen molar-refractivity contribution in [3.63, 3.8) is 0 Å².